The summed E-state index contributed by atoms with van der Waals surface area (Å²) < 4.78 is 9.38. The lowest BCUT2D eigenvalue weighted by Crippen LogP contribution is -2.37. The molecule has 0 unspecified atom stereocenters. The van der Waals surface area contributed by atoms with Gasteiger partial charge in [0.1, 0.15) is 23.9 Å². The Morgan fingerprint density at radius 3 is 2.53 bits per heavy atom. The van der Waals surface area contributed by atoms with Gasteiger partial charge in [0.15, 0.2) is 0 Å². The Balaban J connectivity index is 0.000000223. The van der Waals surface area contributed by atoms with Crippen LogP contribution in [-0.2, 0) is 18.4 Å². The van der Waals surface area contributed by atoms with Gasteiger partial charge in [-0.3, -0.25) is 9.36 Å². The van der Waals surface area contributed by atoms with Gasteiger partial charge in [-0.25, -0.2) is 4.79 Å². The molecule has 0 spiro atoms. The molecule has 2 aromatic heterocycles. The molecule has 3 heterocycles. The Hall–Kier alpha value is -2.94. The highest BCUT2D eigenvalue weighted by molar-refractivity contribution is 7.98. The number of fused-ring (bicyclic) bond motifs is 1. The lowest BCUT2D eigenvalue weighted by atomic mass is 9.93. The Kier molecular flexibility index (Phi) is 8.76. The monoisotopic (exact) mass is 551 g/mol. The van der Waals surface area contributed by atoms with E-state index >= 15 is 0 Å². The van der Waals surface area contributed by atoms with E-state index in [0.29, 0.717) is 38.9 Å². The third-order valence-electron chi connectivity index (χ3n) is 5.27. The van der Waals surface area contributed by atoms with E-state index in [1.54, 1.807) is 16.9 Å². The molecule has 4 rings (SSSR count). The molecule has 13 heteroatoms. The van der Waals surface area contributed by atoms with E-state index in [1.807, 2.05) is 20.8 Å². The molecule has 2 N–H and O–H groups in total. The van der Waals surface area contributed by atoms with Crippen molar-refractivity contribution in [3.63, 3.8) is 0 Å². The quantitative estimate of drug-likeness (QED) is 0.298. The van der Waals surface area contributed by atoms with Gasteiger partial charge in [-0.05, 0) is 25.2 Å². The first-order valence-electron chi connectivity index (χ1n) is 11.0. The van der Waals surface area contributed by atoms with E-state index in [-0.39, 0.29) is 23.3 Å². The number of nitrogen functional groups attached to an aromatic ring is 1. The summed E-state index contributed by atoms with van der Waals surface area (Å²) in [5.74, 6) is 9.08. The number of nitrogens with two attached hydrogens (primary N) is 1. The Bertz CT molecular complexity index is 1420. The van der Waals surface area contributed by atoms with Crippen molar-refractivity contribution < 1.29 is 4.74 Å². The first-order valence-corrected chi connectivity index (χ1v) is 13.0. The number of aryl methyl sites for hydroxylation is 1. The fourth-order valence-corrected chi connectivity index (χ4v) is 4.38. The molecule has 0 amide bonds. The Morgan fingerprint density at radius 2 is 1.92 bits per heavy atom. The molecule has 36 heavy (non-hydrogen) atoms. The topological polar surface area (TPSA) is 123 Å². The number of hydrogen-bond acceptors (Lipinski definition) is 8. The predicted molar refractivity (Wildman–Crippen MR) is 142 cm³/mol. The number of halogens is 2. The highest BCUT2D eigenvalue weighted by Crippen LogP contribution is 2.32. The van der Waals surface area contributed by atoms with Gasteiger partial charge in [-0.2, -0.15) is 9.36 Å². The minimum Gasteiger partial charge on any atom is -0.479 e. The zero-order chi connectivity index (χ0) is 26.6. The van der Waals surface area contributed by atoms with Crippen molar-refractivity contribution in [2.45, 2.75) is 57.1 Å². The van der Waals surface area contributed by atoms with Crippen LogP contribution in [0.3, 0.4) is 0 Å². The van der Waals surface area contributed by atoms with Crippen LogP contribution >= 0.6 is 35.0 Å². The molecule has 0 atom stereocenters. The van der Waals surface area contributed by atoms with Crippen LogP contribution in [0.2, 0.25) is 10.0 Å². The van der Waals surface area contributed by atoms with Crippen LogP contribution in [-0.4, -0.2) is 42.1 Å². The number of nitrogens with zero attached hydrogens (tertiary/aromatic N) is 6. The standard InChI is InChI=1S/C15H13Cl2N3O2.C8H14N4OS/c1-2-7-22-13-9-12(10(16)8-11(13)17)20-15(21)19-6-4-3-5-14(19)18-20;1-8(2,3)5-6(13)12(9)7(14-4)11-10-5/h1,8-9H,3-7H2;9H2,1-4H3. The first-order chi connectivity index (χ1) is 17.0. The smallest absolute Gasteiger partial charge is 0.350 e. The summed E-state index contributed by atoms with van der Waals surface area (Å²) >= 11 is 13.6. The highest BCUT2D eigenvalue weighted by atomic mass is 35.5. The van der Waals surface area contributed by atoms with Crippen molar-refractivity contribution in [2.24, 2.45) is 0 Å². The molecular weight excluding hydrogens is 525 g/mol. The van der Waals surface area contributed by atoms with Gasteiger partial charge in [0.2, 0.25) is 5.16 Å². The summed E-state index contributed by atoms with van der Waals surface area (Å²) in [6.45, 7) is 6.46. The summed E-state index contributed by atoms with van der Waals surface area (Å²) in [4.78, 5) is 24.2. The molecule has 0 aliphatic carbocycles. The number of ether oxygens (including phenoxy) is 1. The van der Waals surface area contributed by atoms with E-state index in [0.717, 1.165) is 29.8 Å². The van der Waals surface area contributed by atoms with E-state index in [9.17, 15) is 9.59 Å². The van der Waals surface area contributed by atoms with E-state index in [4.69, 9.17) is 40.2 Å². The third-order valence-corrected chi connectivity index (χ3v) is 6.51. The highest BCUT2D eigenvalue weighted by Gasteiger charge is 2.22. The van der Waals surface area contributed by atoms with Crippen molar-refractivity contribution in [3.8, 4) is 23.8 Å². The summed E-state index contributed by atoms with van der Waals surface area (Å²) in [6, 6.07) is 3.11. The van der Waals surface area contributed by atoms with Crippen LogP contribution < -0.4 is 21.8 Å². The molecule has 0 saturated heterocycles. The zero-order valence-electron chi connectivity index (χ0n) is 20.4. The van der Waals surface area contributed by atoms with Crippen LogP contribution in [0.4, 0.5) is 0 Å². The second kappa shape index (κ2) is 11.4. The maximum Gasteiger partial charge on any atom is 0.350 e. The third kappa shape index (κ3) is 5.88. The van der Waals surface area contributed by atoms with Crippen LogP contribution in [0.25, 0.3) is 5.69 Å². The van der Waals surface area contributed by atoms with Gasteiger partial charge in [0, 0.05) is 24.4 Å². The molecule has 0 radical (unpaired) electrons. The van der Waals surface area contributed by atoms with E-state index in [1.165, 1.54) is 22.5 Å². The Morgan fingerprint density at radius 1 is 1.19 bits per heavy atom. The lowest BCUT2D eigenvalue weighted by Gasteiger charge is -2.16. The molecule has 10 nitrogen and oxygen atoms in total. The van der Waals surface area contributed by atoms with Gasteiger partial charge in [-0.15, -0.1) is 21.7 Å². The molecule has 3 aromatic rings. The van der Waals surface area contributed by atoms with E-state index < -0.39 is 0 Å². The number of benzene rings is 1. The SMILES string of the molecule is C#CCOc1cc(-n2nc3n(c2=O)CCCC3)c(Cl)cc1Cl.CSc1nnc(C(C)(C)C)c(=O)n1N. The normalized spacial score (nSPS) is 12.8. The molecule has 1 aromatic carbocycles. The molecule has 0 saturated carbocycles. The second-order valence-corrected chi connectivity index (χ2v) is 10.5. The number of rotatable bonds is 4. The maximum atomic E-state index is 12.5. The predicted octanol–water partition coefficient (Wildman–Crippen LogP) is 3.06. The van der Waals surface area contributed by atoms with Crippen LogP contribution in [0.1, 0.15) is 45.1 Å². The van der Waals surface area contributed by atoms with Crippen LogP contribution in [0.15, 0.2) is 26.9 Å². The van der Waals surface area contributed by atoms with Gasteiger partial charge in [0.25, 0.3) is 5.56 Å². The average Bonchev–Trinajstić information content (AvgIpc) is 3.16. The van der Waals surface area contributed by atoms with E-state index in [2.05, 4.69) is 21.2 Å². The number of aromatic nitrogens is 6. The number of terminal acetylenes is 1. The Labute approximate surface area is 222 Å². The summed E-state index contributed by atoms with van der Waals surface area (Å²) in [7, 11) is 0. The molecule has 1 aliphatic heterocycles. The second-order valence-electron chi connectivity index (χ2n) is 8.91. The molecule has 0 bridgehead atoms. The lowest BCUT2D eigenvalue weighted by molar-refractivity contribution is 0.370. The van der Waals surface area contributed by atoms with Crippen molar-refractivity contribution in [2.75, 3.05) is 18.7 Å². The van der Waals surface area contributed by atoms with Gasteiger partial charge >= 0.3 is 5.69 Å². The summed E-state index contributed by atoms with van der Waals surface area (Å²) in [5.41, 5.74) is 0.00348. The number of hydrogen-bond donors (Lipinski definition) is 1. The van der Waals surface area contributed by atoms with Crippen LogP contribution in [0, 0.1) is 12.3 Å². The fourth-order valence-electron chi connectivity index (χ4n) is 3.46. The summed E-state index contributed by atoms with van der Waals surface area (Å²) in [6.07, 6.45) is 9.77. The van der Waals surface area contributed by atoms with Crippen molar-refractivity contribution in [3.05, 3.63) is 54.5 Å². The minimum absolute atomic E-state index is 0.0788. The minimum atomic E-state index is -0.331. The molecular formula is C23H27Cl2N7O3S. The number of thioether (sulfide) groups is 1. The van der Waals surface area contributed by atoms with Crippen molar-refractivity contribution in [1.82, 2.24) is 29.2 Å². The zero-order valence-corrected chi connectivity index (χ0v) is 22.7. The molecule has 1 aliphatic rings. The van der Waals surface area contributed by atoms with Crippen molar-refractivity contribution in [1.29, 1.82) is 0 Å². The van der Waals surface area contributed by atoms with Crippen LogP contribution in [0.5, 0.6) is 5.75 Å². The average molecular weight is 552 g/mol. The first kappa shape index (κ1) is 27.6. The van der Waals surface area contributed by atoms with Gasteiger partial charge in [-0.1, -0.05) is 61.7 Å². The van der Waals surface area contributed by atoms with Gasteiger partial charge < -0.3 is 10.6 Å². The van der Waals surface area contributed by atoms with Crippen molar-refractivity contribution >= 4 is 35.0 Å². The maximum absolute atomic E-state index is 12.5. The largest absolute Gasteiger partial charge is 0.479 e. The summed E-state index contributed by atoms with van der Waals surface area (Å²) in [5, 5.41) is 13.2. The van der Waals surface area contributed by atoms with Gasteiger partial charge in [0.05, 0.1) is 15.7 Å². The molecule has 0 fully saturated rings. The molecule has 192 valence electrons. The fraction of sp³-hybridized carbons (Fsp3) is 0.435.